The highest BCUT2D eigenvalue weighted by Crippen LogP contribution is 2.20. The van der Waals surface area contributed by atoms with Gasteiger partial charge in [0, 0.05) is 6.07 Å². The highest BCUT2D eigenvalue weighted by atomic mass is 32.2. The van der Waals surface area contributed by atoms with Crippen LogP contribution in [0.3, 0.4) is 0 Å². The highest BCUT2D eigenvalue weighted by Gasteiger charge is 2.27. The lowest BCUT2D eigenvalue weighted by atomic mass is 10.2. The van der Waals surface area contributed by atoms with Crippen LogP contribution in [0.4, 0.5) is 0 Å². The van der Waals surface area contributed by atoms with Crippen molar-refractivity contribution in [3.05, 3.63) is 66.2 Å². The number of carbonyl (C=O) groups excluding carboxylic acids is 1. The van der Waals surface area contributed by atoms with E-state index in [-0.39, 0.29) is 5.82 Å². The summed E-state index contributed by atoms with van der Waals surface area (Å²) in [6, 6.07) is 13.5. The van der Waals surface area contributed by atoms with Gasteiger partial charge in [0.1, 0.15) is 17.4 Å². The molecule has 3 rings (SSSR count). The number of hydrogen-bond acceptors (Lipinski definition) is 7. The molecule has 0 bridgehead atoms. The second-order valence-electron chi connectivity index (χ2n) is 5.59. The van der Waals surface area contributed by atoms with E-state index in [9.17, 15) is 13.2 Å². The standard InChI is InChI=1S/C17H17N5O4S/c1-12(13-7-4-3-5-8-13)27(24,25)21-17(23)16-20-18-11-22(16)14-9-6-10-15(19-14)26-2/h3-12H,1-2H3,(H,21,23). The number of nitrogens with one attached hydrogen (secondary N) is 1. The minimum Gasteiger partial charge on any atom is -0.481 e. The summed E-state index contributed by atoms with van der Waals surface area (Å²) in [5.41, 5.74) is 0.564. The van der Waals surface area contributed by atoms with E-state index < -0.39 is 21.2 Å². The van der Waals surface area contributed by atoms with Gasteiger partial charge in [-0.15, -0.1) is 10.2 Å². The molecule has 1 amide bonds. The van der Waals surface area contributed by atoms with Crippen LogP contribution in [0.2, 0.25) is 0 Å². The third-order valence-corrected chi connectivity index (χ3v) is 5.56. The van der Waals surface area contributed by atoms with Crippen molar-refractivity contribution in [1.82, 2.24) is 24.5 Å². The third-order valence-electron chi connectivity index (χ3n) is 3.89. The fourth-order valence-electron chi connectivity index (χ4n) is 2.38. The molecule has 0 aliphatic rings. The van der Waals surface area contributed by atoms with Gasteiger partial charge in [-0.05, 0) is 18.6 Å². The predicted molar refractivity (Wildman–Crippen MR) is 96.9 cm³/mol. The van der Waals surface area contributed by atoms with Crippen LogP contribution in [-0.2, 0) is 10.0 Å². The second-order valence-corrected chi connectivity index (χ2v) is 7.59. The summed E-state index contributed by atoms with van der Waals surface area (Å²) in [7, 11) is -2.51. The largest absolute Gasteiger partial charge is 0.481 e. The number of carbonyl (C=O) groups is 1. The molecular formula is C17H17N5O4S. The van der Waals surface area contributed by atoms with Gasteiger partial charge in [-0.2, -0.15) is 4.98 Å². The molecule has 0 spiro atoms. The molecule has 27 heavy (non-hydrogen) atoms. The van der Waals surface area contributed by atoms with Crippen LogP contribution >= 0.6 is 0 Å². The quantitative estimate of drug-likeness (QED) is 0.681. The molecule has 1 aromatic carbocycles. The maximum absolute atomic E-state index is 12.6. The number of amides is 1. The zero-order valence-electron chi connectivity index (χ0n) is 14.6. The van der Waals surface area contributed by atoms with Crippen molar-refractivity contribution in [2.45, 2.75) is 12.2 Å². The van der Waals surface area contributed by atoms with Crippen LogP contribution in [0.5, 0.6) is 5.88 Å². The average Bonchev–Trinajstić information content (AvgIpc) is 3.18. The van der Waals surface area contributed by atoms with Gasteiger partial charge < -0.3 is 4.74 Å². The monoisotopic (exact) mass is 387 g/mol. The van der Waals surface area contributed by atoms with E-state index in [2.05, 4.69) is 15.2 Å². The van der Waals surface area contributed by atoms with E-state index in [0.717, 1.165) is 0 Å². The molecule has 0 aliphatic heterocycles. The fourth-order valence-corrected chi connectivity index (χ4v) is 3.42. The van der Waals surface area contributed by atoms with Crippen LogP contribution in [0.15, 0.2) is 54.9 Å². The highest BCUT2D eigenvalue weighted by molar-refractivity contribution is 7.90. The summed E-state index contributed by atoms with van der Waals surface area (Å²) in [6.07, 6.45) is 1.27. The first-order valence-corrected chi connectivity index (χ1v) is 9.49. The van der Waals surface area contributed by atoms with Crippen molar-refractivity contribution in [1.29, 1.82) is 0 Å². The number of benzene rings is 1. The molecule has 1 N–H and O–H groups in total. The summed E-state index contributed by atoms with van der Waals surface area (Å²) in [5, 5.41) is 6.48. The van der Waals surface area contributed by atoms with E-state index in [4.69, 9.17) is 4.74 Å². The van der Waals surface area contributed by atoms with Crippen molar-refractivity contribution < 1.29 is 17.9 Å². The Morgan fingerprint density at radius 3 is 2.59 bits per heavy atom. The lowest BCUT2D eigenvalue weighted by Crippen LogP contribution is -2.35. The summed E-state index contributed by atoms with van der Waals surface area (Å²) >= 11 is 0. The normalized spacial score (nSPS) is 12.4. The Kier molecular flexibility index (Phi) is 5.17. The molecule has 2 heterocycles. The Morgan fingerprint density at radius 2 is 1.89 bits per heavy atom. The van der Waals surface area contributed by atoms with E-state index in [1.807, 2.05) is 4.72 Å². The maximum Gasteiger partial charge on any atom is 0.303 e. The Balaban J connectivity index is 1.86. The van der Waals surface area contributed by atoms with E-state index in [1.54, 1.807) is 48.5 Å². The molecule has 140 valence electrons. The lowest BCUT2D eigenvalue weighted by molar-refractivity contribution is 0.0969. The van der Waals surface area contributed by atoms with Crippen LogP contribution in [0.1, 0.15) is 28.4 Å². The van der Waals surface area contributed by atoms with Crippen molar-refractivity contribution in [3.63, 3.8) is 0 Å². The molecule has 10 heteroatoms. The van der Waals surface area contributed by atoms with Gasteiger partial charge in [0.15, 0.2) is 0 Å². The van der Waals surface area contributed by atoms with Crippen molar-refractivity contribution in [2.75, 3.05) is 7.11 Å². The van der Waals surface area contributed by atoms with Crippen LogP contribution in [0.25, 0.3) is 5.82 Å². The van der Waals surface area contributed by atoms with Gasteiger partial charge in [0.05, 0.1) is 7.11 Å². The van der Waals surface area contributed by atoms with Crippen LogP contribution in [0, 0.1) is 0 Å². The first kappa shape index (κ1) is 18.5. The van der Waals surface area contributed by atoms with E-state index in [0.29, 0.717) is 17.3 Å². The number of aromatic nitrogens is 4. The zero-order chi connectivity index (χ0) is 19.4. The van der Waals surface area contributed by atoms with Gasteiger partial charge in [0.2, 0.25) is 21.7 Å². The smallest absolute Gasteiger partial charge is 0.303 e. The minimum atomic E-state index is -3.98. The molecule has 3 aromatic rings. The Hall–Kier alpha value is -3.27. The number of rotatable bonds is 6. The van der Waals surface area contributed by atoms with Crippen molar-refractivity contribution in [3.8, 4) is 11.7 Å². The molecule has 0 saturated carbocycles. The van der Waals surface area contributed by atoms with E-state index in [1.165, 1.54) is 24.9 Å². The second kappa shape index (κ2) is 7.54. The van der Waals surface area contributed by atoms with Crippen LogP contribution in [-0.4, -0.2) is 41.2 Å². The molecular weight excluding hydrogens is 370 g/mol. The molecule has 0 fully saturated rings. The van der Waals surface area contributed by atoms with Gasteiger partial charge in [-0.25, -0.2) is 13.1 Å². The van der Waals surface area contributed by atoms with Gasteiger partial charge in [-0.1, -0.05) is 36.4 Å². The Bertz CT molecular complexity index is 1050. The summed E-state index contributed by atoms with van der Waals surface area (Å²) in [6.45, 7) is 1.50. The third kappa shape index (κ3) is 3.95. The molecule has 0 saturated heterocycles. The Labute approximate surface area is 156 Å². The molecule has 1 atom stereocenters. The first-order valence-electron chi connectivity index (χ1n) is 7.94. The van der Waals surface area contributed by atoms with Crippen LogP contribution < -0.4 is 9.46 Å². The Morgan fingerprint density at radius 1 is 1.15 bits per heavy atom. The molecule has 0 radical (unpaired) electrons. The minimum absolute atomic E-state index is 0.209. The number of methoxy groups -OCH3 is 1. The summed E-state index contributed by atoms with van der Waals surface area (Å²) < 4.78 is 33.5. The topological polar surface area (TPSA) is 116 Å². The number of pyridine rings is 1. The fraction of sp³-hybridized carbons (Fsp3) is 0.176. The summed E-state index contributed by atoms with van der Waals surface area (Å²) in [5.74, 6) is -0.463. The molecule has 2 aromatic heterocycles. The predicted octanol–water partition coefficient (Wildman–Crippen LogP) is 1.49. The number of ether oxygens (including phenoxy) is 1. The summed E-state index contributed by atoms with van der Waals surface area (Å²) in [4.78, 5) is 16.7. The van der Waals surface area contributed by atoms with Gasteiger partial charge in [-0.3, -0.25) is 9.36 Å². The van der Waals surface area contributed by atoms with Crippen molar-refractivity contribution in [2.24, 2.45) is 0 Å². The zero-order valence-corrected chi connectivity index (χ0v) is 15.4. The lowest BCUT2D eigenvalue weighted by Gasteiger charge is -2.14. The number of hydrogen-bond donors (Lipinski definition) is 1. The van der Waals surface area contributed by atoms with E-state index >= 15 is 0 Å². The maximum atomic E-state index is 12.6. The number of sulfonamides is 1. The molecule has 1 unspecified atom stereocenters. The van der Waals surface area contributed by atoms with Gasteiger partial charge >= 0.3 is 5.91 Å². The first-order chi connectivity index (χ1) is 12.9. The van der Waals surface area contributed by atoms with Gasteiger partial charge in [0.25, 0.3) is 0 Å². The van der Waals surface area contributed by atoms with Crippen molar-refractivity contribution >= 4 is 15.9 Å². The number of nitrogens with zero attached hydrogens (tertiary/aromatic N) is 4. The average molecular weight is 387 g/mol. The molecule has 9 nitrogen and oxygen atoms in total. The SMILES string of the molecule is COc1cccc(-n2cnnc2C(=O)NS(=O)(=O)C(C)c2ccccc2)n1. The molecule has 0 aliphatic carbocycles.